The molecule has 16 heavy (non-hydrogen) atoms. The van der Waals surface area contributed by atoms with Gasteiger partial charge in [-0.1, -0.05) is 0 Å². The van der Waals surface area contributed by atoms with Crippen LogP contribution in [-0.2, 0) is 5.66 Å². The van der Waals surface area contributed by atoms with E-state index in [0.717, 1.165) is 0 Å². The van der Waals surface area contributed by atoms with Crippen molar-refractivity contribution in [3.05, 3.63) is 39.2 Å². The van der Waals surface area contributed by atoms with Crippen LogP contribution in [0, 0.1) is 15.3 Å². The summed E-state index contributed by atoms with van der Waals surface area (Å²) in [4.78, 5) is 14.0. The third-order valence-electron chi connectivity index (χ3n) is 2.53. The molecular weight excluding hydrogens is 212 g/mol. The highest BCUT2D eigenvalue weighted by molar-refractivity contribution is 5.63. The van der Waals surface area contributed by atoms with Gasteiger partial charge in [-0.05, 0) is 13.0 Å². The largest absolute Gasteiger partial charge is 0.614 e. The Bertz CT molecular complexity index is 474. The number of aromatic nitrogens is 1. The van der Waals surface area contributed by atoms with Gasteiger partial charge >= 0.3 is 5.82 Å². The second-order valence-electron chi connectivity index (χ2n) is 3.62. The molecule has 1 unspecified atom stereocenters. The van der Waals surface area contributed by atoms with E-state index in [1.165, 1.54) is 18.3 Å². The highest BCUT2D eigenvalue weighted by atomic mass is 16.6. The number of hydrogen-bond donors (Lipinski definition) is 1. The molecule has 0 spiro atoms. The molecule has 0 aliphatic carbocycles. The second-order valence-corrected chi connectivity index (χ2v) is 3.62. The van der Waals surface area contributed by atoms with Crippen molar-refractivity contribution in [1.82, 2.24) is 5.32 Å². The van der Waals surface area contributed by atoms with E-state index in [-0.39, 0.29) is 4.73 Å². The molecule has 1 aliphatic rings. The van der Waals surface area contributed by atoms with E-state index in [1.807, 2.05) is 0 Å². The molecule has 1 aromatic rings. The third kappa shape index (κ3) is 1.61. The highest BCUT2D eigenvalue weighted by Crippen LogP contribution is 2.23. The van der Waals surface area contributed by atoms with Crippen LogP contribution in [0.2, 0.25) is 0 Å². The van der Waals surface area contributed by atoms with E-state index < -0.39 is 16.4 Å². The molecule has 84 valence electrons. The fourth-order valence-electron chi connectivity index (χ4n) is 1.60. The Labute approximate surface area is 91.2 Å². The maximum Gasteiger partial charge on any atom is 0.512 e. The Morgan fingerprint density at radius 1 is 1.62 bits per heavy atom. The number of aliphatic imine (C=N–C) groups is 1. The van der Waals surface area contributed by atoms with Gasteiger partial charge in [0, 0.05) is 12.8 Å². The first-order chi connectivity index (χ1) is 7.53. The van der Waals surface area contributed by atoms with Crippen molar-refractivity contribution in [3.8, 4) is 0 Å². The summed E-state index contributed by atoms with van der Waals surface area (Å²) >= 11 is 0. The summed E-state index contributed by atoms with van der Waals surface area (Å²) in [5, 5.41) is 24.9. The first-order valence-corrected chi connectivity index (χ1v) is 4.70. The molecule has 0 saturated carbocycles. The fourth-order valence-corrected chi connectivity index (χ4v) is 1.60. The number of nitro groups is 1. The van der Waals surface area contributed by atoms with Gasteiger partial charge in [0.2, 0.25) is 0 Å². The first kappa shape index (κ1) is 10.5. The molecule has 0 radical (unpaired) electrons. The number of rotatable bonds is 2. The van der Waals surface area contributed by atoms with Crippen LogP contribution in [0.5, 0.6) is 0 Å². The summed E-state index contributed by atoms with van der Waals surface area (Å²) in [5.41, 5.74) is -0.0665. The summed E-state index contributed by atoms with van der Waals surface area (Å²) < 4.78 is 0.246. The molecule has 0 bridgehead atoms. The molecule has 0 aromatic carbocycles. The van der Waals surface area contributed by atoms with E-state index in [0.29, 0.717) is 12.1 Å². The van der Waals surface area contributed by atoms with Crippen LogP contribution in [0.15, 0.2) is 23.3 Å². The zero-order valence-corrected chi connectivity index (χ0v) is 8.58. The van der Waals surface area contributed by atoms with E-state index in [9.17, 15) is 15.3 Å². The van der Waals surface area contributed by atoms with Crippen molar-refractivity contribution in [1.29, 1.82) is 0 Å². The zero-order chi connectivity index (χ0) is 11.8. The molecule has 1 N–H and O–H groups in total. The average Bonchev–Trinajstić information content (AvgIpc) is 2.66. The SMILES string of the molecule is CC1(c2ccc([N+](=O)[O-])[n+]([O-])c2)N=CCN1. The minimum absolute atomic E-state index is 0.246. The lowest BCUT2D eigenvalue weighted by Gasteiger charge is -2.20. The van der Waals surface area contributed by atoms with Gasteiger partial charge in [0.1, 0.15) is 10.6 Å². The van der Waals surface area contributed by atoms with Gasteiger partial charge in [0.15, 0.2) is 6.20 Å². The molecule has 7 heteroatoms. The van der Waals surface area contributed by atoms with E-state index in [1.54, 1.807) is 13.1 Å². The number of nitrogens with zero attached hydrogens (tertiary/aromatic N) is 3. The molecular formula is C9H10N4O3. The first-order valence-electron chi connectivity index (χ1n) is 4.70. The van der Waals surface area contributed by atoms with Gasteiger partial charge in [-0.2, -0.15) is 0 Å². The fraction of sp³-hybridized carbons (Fsp3) is 0.333. The third-order valence-corrected chi connectivity index (χ3v) is 2.53. The zero-order valence-electron chi connectivity index (χ0n) is 8.58. The summed E-state index contributed by atoms with van der Waals surface area (Å²) in [7, 11) is 0. The number of nitrogens with one attached hydrogen (secondary N) is 1. The minimum Gasteiger partial charge on any atom is -0.614 e. The van der Waals surface area contributed by atoms with Crippen molar-refractivity contribution in [2.75, 3.05) is 6.54 Å². The molecule has 2 rings (SSSR count). The number of hydrogen-bond acceptors (Lipinski definition) is 5. The van der Waals surface area contributed by atoms with Crippen LogP contribution in [0.3, 0.4) is 0 Å². The monoisotopic (exact) mass is 222 g/mol. The van der Waals surface area contributed by atoms with Crippen LogP contribution >= 0.6 is 0 Å². The van der Waals surface area contributed by atoms with Crippen LogP contribution < -0.4 is 10.0 Å². The van der Waals surface area contributed by atoms with Gasteiger partial charge in [0.05, 0.1) is 11.6 Å². The van der Waals surface area contributed by atoms with Gasteiger partial charge < -0.3 is 5.21 Å². The second kappa shape index (κ2) is 3.53. The van der Waals surface area contributed by atoms with Crippen molar-refractivity contribution in [3.63, 3.8) is 0 Å². The summed E-state index contributed by atoms with van der Waals surface area (Å²) in [6, 6.07) is 2.71. The van der Waals surface area contributed by atoms with Gasteiger partial charge in [-0.3, -0.25) is 20.4 Å². The lowest BCUT2D eigenvalue weighted by atomic mass is 10.1. The van der Waals surface area contributed by atoms with Gasteiger partial charge in [0.25, 0.3) is 0 Å². The topological polar surface area (TPSA) is 94.5 Å². The molecule has 2 heterocycles. The molecule has 1 aromatic heterocycles. The van der Waals surface area contributed by atoms with E-state index in [2.05, 4.69) is 10.3 Å². The predicted molar refractivity (Wildman–Crippen MR) is 55.9 cm³/mol. The van der Waals surface area contributed by atoms with Crippen molar-refractivity contribution < 1.29 is 9.65 Å². The van der Waals surface area contributed by atoms with Crippen molar-refractivity contribution >= 4 is 12.0 Å². The Balaban J connectivity index is 2.42. The smallest absolute Gasteiger partial charge is 0.512 e. The lowest BCUT2D eigenvalue weighted by Crippen LogP contribution is -2.38. The average molecular weight is 222 g/mol. The molecule has 0 amide bonds. The molecule has 0 fully saturated rings. The Morgan fingerprint density at radius 2 is 2.38 bits per heavy atom. The van der Waals surface area contributed by atoms with Crippen molar-refractivity contribution in [2.45, 2.75) is 12.6 Å². The lowest BCUT2D eigenvalue weighted by molar-refractivity contribution is -0.665. The number of pyridine rings is 1. The Morgan fingerprint density at radius 3 is 2.88 bits per heavy atom. The predicted octanol–water partition coefficient (Wildman–Crippen LogP) is 0.0749. The van der Waals surface area contributed by atoms with Crippen LogP contribution in [0.1, 0.15) is 12.5 Å². The van der Waals surface area contributed by atoms with Gasteiger partial charge in [-0.15, -0.1) is 4.73 Å². The van der Waals surface area contributed by atoms with Crippen LogP contribution in [0.25, 0.3) is 0 Å². The summed E-state index contributed by atoms with van der Waals surface area (Å²) in [6.45, 7) is 2.42. The summed E-state index contributed by atoms with van der Waals surface area (Å²) in [5.74, 6) is -0.491. The van der Waals surface area contributed by atoms with E-state index in [4.69, 9.17) is 0 Å². The Kier molecular flexibility index (Phi) is 2.31. The normalized spacial score (nSPS) is 23.6. The van der Waals surface area contributed by atoms with Gasteiger partial charge in [-0.25, -0.2) is 0 Å². The van der Waals surface area contributed by atoms with Crippen molar-refractivity contribution in [2.24, 2.45) is 4.99 Å². The molecule has 1 aliphatic heterocycles. The standard InChI is InChI=1S/C9H10N4O3/c1-9(10-4-5-11-9)7-2-3-8(13(15)16)12(14)6-7/h2-4,6,11H,5H2,1H3. The van der Waals surface area contributed by atoms with Crippen LogP contribution in [-0.4, -0.2) is 17.7 Å². The molecule has 7 nitrogen and oxygen atoms in total. The van der Waals surface area contributed by atoms with E-state index >= 15 is 0 Å². The maximum absolute atomic E-state index is 11.4. The maximum atomic E-state index is 11.4. The summed E-state index contributed by atoms with van der Waals surface area (Å²) in [6.07, 6.45) is 2.88. The van der Waals surface area contributed by atoms with Crippen LogP contribution in [0.4, 0.5) is 5.82 Å². The molecule has 0 saturated heterocycles. The Hall–Kier alpha value is -2.02. The molecule has 1 atom stereocenters. The highest BCUT2D eigenvalue weighted by Gasteiger charge is 2.31. The quantitative estimate of drug-likeness (QED) is 0.331. The minimum atomic E-state index is -0.718.